The molecule has 0 unspecified atom stereocenters. The average molecular weight is 362 g/mol. The molecule has 0 bridgehead atoms. The van der Waals surface area contributed by atoms with Crippen LogP contribution in [0.5, 0.6) is 0 Å². The summed E-state index contributed by atoms with van der Waals surface area (Å²) < 4.78 is 5.77. The van der Waals surface area contributed by atoms with E-state index >= 15 is 0 Å². The van der Waals surface area contributed by atoms with Crippen LogP contribution in [0.15, 0.2) is 65.6 Å². The van der Waals surface area contributed by atoms with Crippen LogP contribution >= 0.6 is 0 Å². The molecule has 136 valence electrons. The monoisotopic (exact) mass is 362 g/mol. The van der Waals surface area contributed by atoms with Gasteiger partial charge in [-0.15, -0.1) is 0 Å². The summed E-state index contributed by atoms with van der Waals surface area (Å²) in [5.41, 5.74) is 4.21. The second-order valence-electron chi connectivity index (χ2n) is 5.98. The molecule has 0 spiro atoms. The number of methoxy groups -OCH3 is 1. The molecule has 1 heterocycles. The second-order valence-corrected chi connectivity index (χ2v) is 5.98. The first kappa shape index (κ1) is 18.1. The Hall–Kier alpha value is -3.67. The van der Waals surface area contributed by atoms with Gasteiger partial charge in [0, 0.05) is 23.0 Å². The number of esters is 1. The van der Waals surface area contributed by atoms with Crippen LogP contribution < -0.4 is 11.0 Å². The summed E-state index contributed by atoms with van der Waals surface area (Å²) in [5, 5.41) is 0.776. The molecule has 2 aromatic carbocycles. The highest BCUT2D eigenvalue weighted by Gasteiger charge is 2.15. The number of aromatic nitrogens is 1. The highest BCUT2D eigenvalue weighted by atomic mass is 16.5. The van der Waals surface area contributed by atoms with Crippen LogP contribution in [0.1, 0.15) is 21.5 Å². The summed E-state index contributed by atoms with van der Waals surface area (Å²) >= 11 is 0. The van der Waals surface area contributed by atoms with Crippen LogP contribution in [0, 0.1) is 6.92 Å². The predicted molar refractivity (Wildman–Crippen MR) is 104 cm³/mol. The lowest BCUT2D eigenvalue weighted by Crippen LogP contribution is -2.33. The van der Waals surface area contributed by atoms with Gasteiger partial charge in [0.15, 0.2) is 0 Å². The van der Waals surface area contributed by atoms with E-state index in [0.717, 1.165) is 15.8 Å². The molecule has 0 radical (unpaired) electrons. The van der Waals surface area contributed by atoms with Gasteiger partial charge in [0.2, 0.25) is 0 Å². The van der Waals surface area contributed by atoms with Crippen LogP contribution in [0.3, 0.4) is 0 Å². The molecule has 0 aliphatic rings. The van der Waals surface area contributed by atoms with E-state index in [1.807, 2.05) is 31.2 Å². The largest absolute Gasteiger partial charge is 0.465 e. The van der Waals surface area contributed by atoms with Crippen LogP contribution in [0.2, 0.25) is 0 Å². The van der Waals surface area contributed by atoms with E-state index in [2.05, 4.69) is 5.43 Å². The van der Waals surface area contributed by atoms with Gasteiger partial charge < -0.3 is 4.74 Å². The number of nitrogens with one attached hydrogen (secondary N) is 1. The minimum absolute atomic E-state index is 0.190. The van der Waals surface area contributed by atoms with Crippen molar-refractivity contribution in [2.45, 2.75) is 6.92 Å². The Labute approximate surface area is 155 Å². The molecule has 0 saturated carbocycles. The van der Waals surface area contributed by atoms with Crippen molar-refractivity contribution in [3.05, 3.63) is 87.8 Å². The maximum Gasteiger partial charge on any atom is 0.340 e. The summed E-state index contributed by atoms with van der Waals surface area (Å²) in [6.45, 7) is 1.98. The molecule has 3 rings (SSSR count). The molecule has 6 heteroatoms. The number of carbonyl (C=O) groups excluding carboxylic acids is 2. The first-order valence-corrected chi connectivity index (χ1v) is 8.28. The highest BCUT2D eigenvalue weighted by molar-refractivity contribution is 6.04. The van der Waals surface area contributed by atoms with Gasteiger partial charge in [0.05, 0.1) is 12.7 Å². The Kier molecular flexibility index (Phi) is 5.17. The fourth-order valence-electron chi connectivity index (χ4n) is 2.65. The van der Waals surface area contributed by atoms with Crippen LogP contribution in [-0.2, 0) is 9.53 Å². The number of hydrogen-bond donors (Lipinski definition) is 1. The van der Waals surface area contributed by atoms with Gasteiger partial charge in [-0.3, -0.25) is 15.0 Å². The van der Waals surface area contributed by atoms with Gasteiger partial charge in [-0.2, -0.15) is 0 Å². The Morgan fingerprint density at radius 1 is 1.04 bits per heavy atom. The lowest BCUT2D eigenvalue weighted by molar-refractivity contribution is -0.112. The minimum Gasteiger partial charge on any atom is -0.465 e. The van der Waals surface area contributed by atoms with Crippen molar-refractivity contribution in [3.8, 4) is 0 Å². The maximum atomic E-state index is 12.6. The van der Waals surface area contributed by atoms with Crippen molar-refractivity contribution in [1.29, 1.82) is 0 Å². The number of nitrogens with zero attached hydrogens (tertiary/aromatic N) is 1. The molecule has 0 saturated heterocycles. The summed E-state index contributed by atoms with van der Waals surface area (Å²) in [4.78, 5) is 36.9. The quantitative estimate of drug-likeness (QED) is 0.572. The third kappa shape index (κ3) is 3.95. The van der Waals surface area contributed by atoms with Gasteiger partial charge in [0.1, 0.15) is 0 Å². The summed E-state index contributed by atoms with van der Waals surface area (Å²) in [6, 6.07) is 14.3. The predicted octanol–water partition coefficient (Wildman–Crippen LogP) is 2.88. The van der Waals surface area contributed by atoms with Crippen molar-refractivity contribution in [2.75, 3.05) is 12.5 Å². The standard InChI is InChI=1S/C21H18N2O4/c1-14-7-9-15(10-8-14)11-12-19(24)22-23-13-18(21(26)27-2)16-5-3-4-6-17(16)20(23)25/h3-13H,1-2H3,(H,22,24). The zero-order chi connectivity index (χ0) is 19.4. The van der Waals surface area contributed by atoms with E-state index in [-0.39, 0.29) is 5.56 Å². The fourth-order valence-corrected chi connectivity index (χ4v) is 2.65. The lowest BCUT2D eigenvalue weighted by Gasteiger charge is -2.11. The number of hydrogen-bond acceptors (Lipinski definition) is 4. The summed E-state index contributed by atoms with van der Waals surface area (Å²) in [5.74, 6) is -1.09. The van der Waals surface area contributed by atoms with Crippen molar-refractivity contribution in [2.24, 2.45) is 0 Å². The van der Waals surface area contributed by atoms with Gasteiger partial charge in [-0.1, -0.05) is 48.0 Å². The van der Waals surface area contributed by atoms with E-state index in [9.17, 15) is 14.4 Å². The second kappa shape index (κ2) is 7.70. The third-order valence-electron chi connectivity index (χ3n) is 4.07. The van der Waals surface area contributed by atoms with Crippen molar-refractivity contribution in [3.63, 3.8) is 0 Å². The van der Waals surface area contributed by atoms with Gasteiger partial charge in [0.25, 0.3) is 11.5 Å². The zero-order valence-corrected chi connectivity index (χ0v) is 14.9. The number of carbonyl (C=O) groups is 2. The zero-order valence-electron chi connectivity index (χ0n) is 14.9. The SMILES string of the molecule is COC(=O)c1cn(NC(=O)C=Cc2ccc(C)cc2)c(=O)c2ccccc12. The van der Waals surface area contributed by atoms with E-state index in [0.29, 0.717) is 10.8 Å². The normalized spacial score (nSPS) is 10.9. The highest BCUT2D eigenvalue weighted by Crippen LogP contribution is 2.16. The van der Waals surface area contributed by atoms with E-state index < -0.39 is 17.4 Å². The van der Waals surface area contributed by atoms with Crippen molar-refractivity contribution in [1.82, 2.24) is 4.68 Å². The fraction of sp³-hybridized carbons (Fsp3) is 0.0952. The minimum atomic E-state index is -0.593. The summed E-state index contributed by atoms with van der Waals surface area (Å²) in [7, 11) is 1.26. The van der Waals surface area contributed by atoms with Crippen LogP contribution in [-0.4, -0.2) is 23.7 Å². The molecule has 0 atom stereocenters. The number of amides is 1. The Morgan fingerprint density at radius 2 is 1.70 bits per heavy atom. The Balaban J connectivity index is 1.93. The first-order valence-electron chi connectivity index (χ1n) is 8.28. The van der Waals surface area contributed by atoms with E-state index in [1.54, 1.807) is 30.3 Å². The van der Waals surface area contributed by atoms with Crippen LogP contribution in [0.25, 0.3) is 16.8 Å². The van der Waals surface area contributed by atoms with E-state index in [1.165, 1.54) is 19.4 Å². The van der Waals surface area contributed by atoms with E-state index in [4.69, 9.17) is 4.74 Å². The number of fused-ring (bicyclic) bond motifs is 1. The molecule has 3 aromatic rings. The number of pyridine rings is 1. The number of aryl methyl sites for hydroxylation is 1. The molecule has 6 nitrogen and oxygen atoms in total. The molecule has 0 aliphatic heterocycles. The topological polar surface area (TPSA) is 77.4 Å². The van der Waals surface area contributed by atoms with Gasteiger partial charge in [-0.05, 0) is 24.6 Å². The Bertz CT molecular complexity index is 1100. The molecular formula is C21H18N2O4. The third-order valence-corrected chi connectivity index (χ3v) is 4.07. The first-order chi connectivity index (χ1) is 13.0. The molecule has 1 aromatic heterocycles. The molecule has 1 N–H and O–H groups in total. The molecule has 0 aliphatic carbocycles. The molecule has 0 fully saturated rings. The number of benzene rings is 2. The molecular weight excluding hydrogens is 344 g/mol. The van der Waals surface area contributed by atoms with Crippen molar-refractivity contribution < 1.29 is 14.3 Å². The molecule has 27 heavy (non-hydrogen) atoms. The summed E-state index contributed by atoms with van der Waals surface area (Å²) in [6.07, 6.45) is 4.24. The van der Waals surface area contributed by atoms with Gasteiger partial charge in [-0.25, -0.2) is 9.47 Å². The van der Waals surface area contributed by atoms with Gasteiger partial charge >= 0.3 is 5.97 Å². The maximum absolute atomic E-state index is 12.6. The van der Waals surface area contributed by atoms with Crippen molar-refractivity contribution >= 4 is 28.7 Å². The van der Waals surface area contributed by atoms with Crippen LogP contribution in [0.4, 0.5) is 0 Å². The Morgan fingerprint density at radius 3 is 2.37 bits per heavy atom. The molecule has 1 amide bonds. The average Bonchev–Trinajstić information content (AvgIpc) is 2.69. The smallest absolute Gasteiger partial charge is 0.340 e. The number of rotatable bonds is 4. The number of ether oxygens (including phenoxy) is 1. The lowest BCUT2D eigenvalue weighted by atomic mass is 10.1.